The largest absolute Gasteiger partial charge is 0.478 e. The van der Waals surface area contributed by atoms with E-state index in [9.17, 15) is 18.3 Å². The van der Waals surface area contributed by atoms with E-state index >= 15 is 0 Å². The Bertz CT molecular complexity index is 877. The number of carboxylic acid groups (broad SMARTS) is 1. The number of carbonyl (C=O) groups is 1. The van der Waals surface area contributed by atoms with Crippen molar-refractivity contribution >= 4 is 21.7 Å². The van der Waals surface area contributed by atoms with Crippen LogP contribution >= 0.6 is 0 Å². The first-order valence-corrected chi connectivity index (χ1v) is 9.56. The Kier molecular flexibility index (Phi) is 4.78. The molecule has 2 aromatic carbocycles. The van der Waals surface area contributed by atoms with Gasteiger partial charge in [0.1, 0.15) is 4.90 Å². The van der Waals surface area contributed by atoms with Gasteiger partial charge in [0.05, 0.1) is 11.3 Å². The van der Waals surface area contributed by atoms with Gasteiger partial charge in [-0.1, -0.05) is 30.3 Å². The molecule has 0 heterocycles. The Hall–Kier alpha value is -2.38. The molecule has 0 unspecified atom stereocenters. The maximum atomic E-state index is 12.9. The topological polar surface area (TPSA) is 95.5 Å². The molecule has 0 spiro atoms. The highest BCUT2D eigenvalue weighted by atomic mass is 32.2. The molecule has 1 saturated carbocycles. The number of nitrogens with one attached hydrogen (secondary N) is 2. The summed E-state index contributed by atoms with van der Waals surface area (Å²) in [5.41, 5.74) is 1.20. The molecule has 0 aliphatic heterocycles. The van der Waals surface area contributed by atoms with Crippen molar-refractivity contribution in [2.75, 3.05) is 5.32 Å². The van der Waals surface area contributed by atoms with Crippen LogP contribution < -0.4 is 10.0 Å². The third-order valence-corrected chi connectivity index (χ3v) is 5.67. The molecular weight excluding hydrogens is 340 g/mol. The summed E-state index contributed by atoms with van der Waals surface area (Å²) in [6.07, 6.45) is 1.96. The Morgan fingerprint density at radius 2 is 1.84 bits per heavy atom. The van der Waals surface area contributed by atoms with Crippen molar-refractivity contribution in [1.82, 2.24) is 4.72 Å². The van der Waals surface area contributed by atoms with Crippen LogP contribution in [0.15, 0.2) is 53.4 Å². The Labute approximate surface area is 146 Å². The summed E-state index contributed by atoms with van der Waals surface area (Å²) in [6, 6.07) is 13.2. The van der Waals surface area contributed by atoms with E-state index in [1.54, 1.807) is 6.92 Å². The lowest BCUT2D eigenvalue weighted by Crippen LogP contribution is -2.28. The molecule has 1 aliphatic rings. The molecule has 1 fully saturated rings. The zero-order valence-corrected chi connectivity index (χ0v) is 14.6. The van der Waals surface area contributed by atoms with Gasteiger partial charge in [0.2, 0.25) is 10.0 Å². The molecule has 3 rings (SSSR count). The molecule has 7 heteroatoms. The highest BCUT2D eigenvalue weighted by Gasteiger charge is 2.27. The molecule has 0 aromatic heterocycles. The molecule has 1 atom stereocenters. The number of benzene rings is 2. The highest BCUT2D eigenvalue weighted by molar-refractivity contribution is 7.89. The minimum absolute atomic E-state index is 0.0397. The molecule has 0 radical (unpaired) electrons. The van der Waals surface area contributed by atoms with E-state index in [1.807, 2.05) is 30.3 Å². The molecule has 25 heavy (non-hydrogen) atoms. The Morgan fingerprint density at radius 3 is 2.44 bits per heavy atom. The lowest BCUT2D eigenvalue weighted by molar-refractivity contribution is 0.0696. The van der Waals surface area contributed by atoms with Crippen LogP contribution in [-0.4, -0.2) is 25.5 Å². The summed E-state index contributed by atoms with van der Waals surface area (Å²) >= 11 is 0. The van der Waals surface area contributed by atoms with Crippen molar-refractivity contribution in [1.29, 1.82) is 0 Å². The van der Waals surface area contributed by atoms with Crippen LogP contribution in [0.5, 0.6) is 0 Å². The minimum Gasteiger partial charge on any atom is -0.478 e. The van der Waals surface area contributed by atoms with Crippen LogP contribution in [0, 0.1) is 0 Å². The first-order valence-electron chi connectivity index (χ1n) is 8.08. The van der Waals surface area contributed by atoms with Crippen molar-refractivity contribution in [2.45, 2.75) is 36.7 Å². The van der Waals surface area contributed by atoms with E-state index in [1.165, 1.54) is 18.2 Å². The average Bonchev–Trinajstić information content (AvgIpc) is 3.39. The molecule has 2 aromatic rings. The summed E-state index contributed by atoms with van der Waals surface area (Å²) in [4.78, 5) is 11.2. The predicted octanol–water partition coefficient (Wildman–Crippen LogP) is 3.00. The zero-order chi connectivity index (χ0) is 18.0. The summed E-state index contributed by atoms with van der Waals surface area (Å²) in [5.74, 6) is -1.16. The lowest BCUT2D eigenvalue weighted by atomic mass is 10.1. The maximum Gasteiger partial charge on any atom is 0.335 e. The first kappa shape index (κ1) is 17.4. The summed E-state index contributed by atoms with van der Waals surface area (Å²) in [7, 11) is -3.89. The van der Waals surface area contributed by atoms with Crippen LogP contribution in [0.2, 0.25) is 0 Å². The first-order chi connectivity index (χ1) is 11.9. The van der Waals surface area contributed by atoms with Crippen molar-refractivity contribution in [3.05, 3.63) is 59.7 Å². The zero-order valence-electron chi connectivity index (χ0n) is 13.8. The fourth-order valence-corrected chi connectivity index (χ4v) is 3.98. The van der Waals surface area contributed by atoms with Gasteiger partial charge in [-0.05, 0) is 43.5 Å². The van der Waals surface area contributed by atoms with Gasteiger partial charge in [-0.2, -0.15) is 0 Å². The SMILES string of the molecule is C[C@H](NS(=O)(=O)c1cc(C(=O)O)ccc1NC1CC1)c1ccccc1. The van der Waals surface area contributed by atoms with Crippen molar-refractivity contribution in [3.8, 4) is 0 Å². The van der Waals surface area contributed by atoms with Crippen molar-refractivity contribution in [2.24, 2.45) is 0 Å². The smallest absolute Gasteiger partial charge is 0.335 e. The second-order valence-corrected chi connectivity index (χ2v) is 7.87. The monoisotopic (exact) mass is 360 g/mol. The summed E-state index contributed by atoms with van der Waals surface area (Å²) in [6.45, 7) is 1.75. The normalized spacial score (nSPS) is 15.6. The molecular formula is C18H20N2O4S. The third kappa shape index (κ3) is 4.18. The Balaban J connectivity index is 1.93. The van der Waals surface area contributed by atoms with Gasteiger partial charge in [-0.3, -0.25) is 0 Å². The van der Waals surface area contributed by atoms with Gasteiger partial charge >= 0.3 is 5.97 Å². The molecule has 1 aliphatic carbocycles. The van der Waals surface area contributed by atoms with E-state index in [0.717, 1.165) is 18.4 Å². The molecule has 3 N–H and O–H groups in total. The average molecular weight is 360 g/mol. The number of hydrogen-bond donors (Lipinski definition) is 3. The molecule has 0 bridgehead atoms. The lowest BCUT2D eigenvalue weighted by Gasteiger charge is -2.18. The maximum absolute atomic E-state index is 12.9. The predicted molar refractivity (Wildman–Crippen MR) is 95.2 cm³/mol. The van der Waals surface area contributed by atoms with Crippen LogP contribution in [0.1, 0.15) is 41.7 Å². The van der Waals surface area contributed by atoms with Crippen LogP contribution in [-0.2, 0) is 10.0 Å². The second kappa shape index (κ2) is 6.85. The number of carboxylic acids is 1. The number of aromatic carboxylic acids is 1. The number of anilines is 1. The van der Waals surface area contributed by atoms with Gasteiger partial charge < -0.3 is 10.4 Å². The fraction of sp³-hybridized carbons (Fsp3) is 0.278. The highest BCUT2D eigenvalue weighted by Crippen LogP contribution is 2.30. The van der Waals surface area contributed by atoms with Gasteiger partial charge in [0, 0.05) is 12.1 Å². The fourth-order valence-electron chi connectivity index (χ4n) is 2.55. The van der Waals surface area contributed by atoms with Crippen molar-refractivity contribution < 1.29 is 18.3 Å². The van der Waals surface area contributed by atoms with Gasteiger partial charge in [-0.25, -0.2) is 17.9 Å². The molecule has 0 saturated heterocycles. The number of sulfonamides is 1. The van der Waals surface area contributed by atoms with E-state index in [2.05, 4.69) is 10.0 Å². The number of rotatable bonds is 7. The van der Waals surface area contributed by atoms with E-state index in [0.29, 0.717) is 5.69 Å². The quantitative estimate of drug-likeness (QED) is 0.705. The Morgan fingerprint density at radius 1 is 1.16 bits per heavy atom. The standard InChI is InChI=1S/C18H20N2O4S/c1-12(13-5-3-2-4-6-13)20-25(23,24)17-11-14(18(21)22)7-10-16(17)19-15-8-9-15/h2-7,10-12,15,19-20H,8-9H2,1H3,(H,21,22)/t12-/m0/s1. The summed E-state index contributed by atoms with van der Waals surface area (Å²) < 4.78 is 28.4. The van der Waals surface area contributed by atoms with Crippen LogP contribution in [0.3, 0.4) is 0 Å². The van der Waals surface area contributed by atoms with E-state index < -0.39 is 22.0 Å². The second-order valence-electron chi connectivity index (χ2n) is 6.19. The van der Waals surface area contributed by atoms with Gasteiger partial charge in [-0.15, -0.1) is 0 Å². The number of hydrogen-bond acceptors (Lipinski definition) is 4. The molecule has 6 nitrogen and oxygen atoms in total. The van der Waals surface area contributed by atoms with Crippen LogP contribution in [0.4, 0.5) is 5.69 Å². The third-order valence-electron chi connectivity index (χ3n) is 4.09. The minimum atomic E-state index is -3.89. The summed E-state index contributed by atoms with van der Waals surface area (Å²) in [5, 5.41) is 12.3. The van der Waals surface area contributed by atoms with Crippen molar-refractivity contribution in [3.63, 3.8) is 0 Å². The van der Waals surface area contributed by atoms with Crippen LogP contribution in [0.25, 0.3) is 0 Å². The molecule has 0 amide bonds. The van der Waals surface area contributed by atoms with Gasteiger partial charge in [0.25, 0.3) is 0 Å². The molecule has 132 valence electrons. The van der Waals surface area contributed by atoms with Gasteiger partial charge in [0.15, 0.2) is 0 Å². The van der Waals surface area contributed by atoms with E-state index in [4.69, 9.17) is 0 Å². The van der Waals surface area contributed by atoms with E-state index in [-0.39, 0.29) is 16.5 Å².